The van der Waals surface area contributed by atoms with Gasteiger partial charge >= 0.3 is 0 Å². The molecule has 5 heteroatoms. The highest BCUT2D eigenvalue weighted by atomic mass is 35.5. The van der Waals surface area contributed by atoms with Gasteiger partial charge in [0.1, 0.15) is 5.82 Å². The van der Waals surface area contributed by atoms with Crippen LogP contribution in [0.2, 0.25) is 5.02 Å². The van der Waals surface area contributed by atoms with Crippen LogP contribution in [0.1, 0.15) is 13.8 Å². The molecule has 1 rings (SSSR count). The van der Waals surface area contributed by atoms with Crippen LogP contribution >= 0.6 is 23.8 Å². The maximum atomic E-state index is 13.3. The number of rotatable bonds is 2. The molecule has 1 aromatic rings. The van der Waals surface area contributed by atoms with Crippen LogP contribution in [0, 0.1) is 5.82 Å². The van der Waals surface area contributed by atoms with Gasteiger partial charge in [0, 0.05) is 6.04 Å². The average molecular weight is 247 g/mol. The minimum atomic E-state index is -0.421. The van der Waals surface area contributed by atoms with Crippen LogP contribution < -0.4 is 10.6 Å². The highest BCUT2D eigenvalue weighted by molar-refractivity contribution is 7.80. The maximum Gasteiger partial charge on any atom is 0.171 e. The van der Waals surface area contributed by atoms with Gasteiger partial charge in [0.15, 0.2) is 5.11 Å². The van der Waals surface area contributed by atoms with Crippen molar-refractivity contribution in [1.29, 1.82) is 0 Å². The van der Waals surface area contributed by atoms with Crippen molar-refractivity contribution in [3.8, 4) is 0 Å². The van der Waals surface area contributed by atoms with E-state index in [0.29, 0.717) is 10.1 Å². The van der Waals surface area contributed by atoms with E-state index in [-0.39, 0.29) is 11.7 Å². The van der Waals surface area contributed by atoms with Crippen LogP contribution in [0.4, 0.5) is 10.1 Å². The molecule has 0 amide bonds. The molecule has 0 saturated carbocycles. The summed E-state index contributed by atoms with van der Waals surface area (Å²) in [5, 5.41) is 6.33. The number of thiocarbonyl (C=S) groups is 1. The lowest BCUT2D eigenvalue weighted by molar-refractivity contribution is 0.632. The molecule has 0 radical (unpaired) electrons. The summed E-state index contributed by atoms with van der Waals surface area (Å²) >= 11 is 10.8. The van der Waals surface area contributed by atoms with Gasteiger partial charge in [-0.05, 0) is 38.2 Å². The standard InChI is InChI=1S/C10H12ClFN2S/c1-6(2)13-10(15)14-9-7(11)4-3-5-8(9)12/h3-6H,1-2H3,(H2,13,14,15). The number of halogens is 2. The lowest BCUT2D eigenvalue weighted by atomic mass is 10.3. The first-order chi connectivity index (χ1) is 7.00. The first kappa shape index (κ1) is 12.2. The zero-order valence-electron chi connectivity index (χ0n) is 8.47. The smallest absolute Gasteiger partial charge is 0.171 e. The van der Waals surface area contributed by atoms with Crippen molar-refractivity contribution in [2.24, 2.45) is 0 Å². The SMILES string of the molecule is CC(C)NC(=S)Nc1c(F)cccc1Cl. The molecular formula is C10H12ClFN2S. The van der Waals surface area contributed by atoms with Crippen molar-refractivity contribution < 1.29 is 4.39 Å². The minimum Gasteiger partial charge on any atom is -0.360 e. The summed E-state index contributed by atoms with van der Waals surface area (Å²) in [6.07, 6.45) is 0. The third kappa shape index (κ3) is 3.64. The molecule has 1 aromatic carbocycles. The first-order valence-electron chi connectivity index (χ1n) is 4.52. The van der Waals surface area contributed by atoms with Crippen LogP contribution in [0.15, 0.2) is 18.2 Å². The van der Waals surface area contributed by atoms with E-state index in [2.05, 4.69) is 10.6 Å². The fraction of sp³-hybridized carbons (Fsp3) is 0.300. The summed E-state index contributed by atoms with van der Waals surface area (Å²) in [5.41, 5.74) is 0.206. The molecule has 0 atom stereocenters. The molecule has 0 aromatic heterocycles. The number of hydrogen-bond acceptors (Lipinski definition) is 1. The van der Waals surface area contributed by atoms with Crippen molar-refractivity contribution >= 4 is 34.6 Å². The molecule has 0 spiro atoms. The molecule has 2 nitrogen and oxygen atoms in total. The van der Waals surface area contributed by atoms with Gasteiger partial charge < -0.3 is 10.6 Å². The van der Waals surface area contributed by atoms with Gasteiger partial charge in [-0.3, -0.25) is 0 Å². The molecule has 0 aliphatic heterocycles. The summed E-state index contributed by atoms with van der Waals surface area (Å²) in [5.74, 6) is -0.421. The third-order valence-electron chi connectivity index (χ3n) is 1.62. The van der Waals surface area contributed by atoms with Crippen molar-refractivity contribution in [2.45, 2.75) is 19.9 Å². The number of benzene rings is 1. The lowest BCUT2D eigenvalue weighted by Gasteiger charge is -2.14. The van der Waals surface area contributed by atoms with E-state index in [4.69, 9.17) is 23.8 Å². The molecule has 2 N–H and O–H groups in total. The Kier molecular flexibility index (Phi) is 4.29. The molecule has 0 bridgehead atoms. The van der Waals surface area contributed by atoms with Gasteiger partial charge in [0.25, 0.3) is 0 Å². The van der Waals surface area contributed by atoms with Crippen molar-refractivity contribution in [2.75, 3.05) is 5.32 Å². The topological polar surface area (TPSA) is 24.1 Å². The van der Waals surface area contributed by atoms with E-state index in [1.165, 1.54) is 6.07 Å². The van der Waals surface area contributed by atoms with Crippen LogP contribution in [0.25, 0.3) is 0 Å². The van der Waals surface area contributed by atoms with Crippen molar-refractivity contribution in [1.82, 2.24) is 5.32 Å². The van der Waals surface area contributed by atoms with Gasteiger partial charge in [0.05, 0.1) is 10.7 Å². The Labute approximate surface area is 98.8 Å². The monoisotopic (exact) mass is 246 g/mol. The van der Waals surface area contributed by atoms with Gasteiger partial charge in [0.2, 0.25) is 0 Å². The molecule has 0 unspecified atom stereocenters. The first-order valence-corrected chi connectivity index (χ1v) is 5.31. The van der Waals surface area contributed by atoms with Gasteiger partial charge in [-0.2, -0.15) is 0 Å². The summed E-state index contributed by atoms with van der Waals surface area (Å²) in [6.45, 7) is 3.88. The van der Waals surface area contributed by atoms with E-state index in [1.54, 1.807) is 12.1 Å². The van der Waals surface area contributed by atoms with E-state index < -0.39 is 5.82 Å². The van der Waals surface area contributed by atoms with E-state index in [0.717, 1.165) is 0 Å². The van der Waals surface area contributed by atoms with Gasteiger partial charge in [-0.1, -0.05) is 17.7 Å². The summed E-state index contributed by atoms with van der Waals surface area (Å²) in [7, 11) is 0. The summed E-state index contributed by atoms with van der Waals surface area (Å²) < 4.78 is 13.3. The Morgan fingerprint density at radius 1 is 1.47 bits per heavy atom. The predicted molar refractivity (Wildman–Crippen MR) is 65.9 cm³/mol. The second kappa shape index (κ2) is 5.28. The Hall–Kier alpha value is -0.870. The number of anilines is 1. The van der Waals surface area contributed by atoms with E-state index in [9.17, 15) is 4.39 Å². The molecule has 15 heavy (non-hydrogen) atoms. The van der Waals surface area contributed by atoms with E-state index >= 15 is 0 Å². The van der Waals surface area contributed by atoms with Crippen molar-refractivity contribution in [3.63, 3.8) is 0 Å². The predicted octanol–water partition coefficient (Wildman–Crippen LogP) is 3.17. The molecule has 82 valence electrons. The Morgan fingerprint density at radius 3 is 2.67 bits per heavy atom. The Balaban J connectivity index is 2.76. The fourth-order valence-electron chi connectivity index (χ4n) is 1.03. The molecule has 0 aliphatic rings. The van der Waals surface area contributed by atoms with Gasteiger partial charge in [-0.25, -0.2) is 4.39 Å². The second-order valence-corrected chi connectivity index (χ2v) is 4.17. The van der Waals surface area contributed by atoms with Crippen LogP contribution in [0.5, 0.6) is 0 Å². The fourth-order valence-corrected chi connectivity index (χ4v) is 1.58. The molecule has 0 heterocycles. The molecule has 0 saturated heterocycles. The number of hydrogen-bond donors (Lipinski definition) is 2. The molecule has 0 aliphatic carbocycles. The van der Waals surface area contributed by atoms with Crippen molar-refractivity contribution in [3.05, 3.63) is 29.0 Å². The second-order valence-electron chi connectivity index (χ2n) is 3.35. The highest BCUT2D eigenvalue weighted by Crippen LogP contribution is 2.24. The van der Waals surface area contributed by atoms with Crippen LogP contribution in [-0.2, 0) is 0 Å². The normalized spacial score (nSPS) is 10.2. The quantitative estimate of drug-likeness (QED) is 0.784. The Morgan fingerprint density at radius 2 is 2.13 bits per heavy atom. The van der Waals surface area contributed by atoms with Crippen LogP contribution in [-0.4, -0.2) is 11.2 Å². The zero-order valence-corrected chi connectivity index (χ0v) is 10.0. The van der Waals surface area contributed by atoms with Crippen LogP contribution in [0.3, 0.4) is 0 Å². The third-order valence-corrected chi connectivity index (χ3v) is 2.16. The summed E-state index contributed by atoms with van der Waals surface area (Å²) in [6, 6.07) is 4.66. The maximum absolute atomic E-state index is 13.3. The summed E-state index contributed by atoms with van der Waals surface area (Å²) in [4.78, 5) is 0. The molecule has 0 fully saturated rings. The largest absolute Gasteiger partial charge is 0.360 e. The lowest BCUT2D eigenvalue weighted by Crippen LogP contribution is -2.34. The number of para-hydroxylation sites is 1. The minimum absolute atomic E-state index is 0.190. The zero-order chi connectivity index (χ0) is 11.4. The van der Waals surface area contributed by atoms with Gasteiger partial charge in [-0.15, -0.1) is 0 Å². The number of nitrogens with one attached hydrogen (secondary N) is 2. The average Bonchev–Trinajstić information content (AvgIpc) is 2.10. The molecular weight excluding hydrogens is 235 g/mol. The Bertz CT molecular complexity index is 348. The highest BCUT2D eigenvalue weighted by Gasteiger charge is 2.08. The van der Waals surface area contributed by atoms with E-state index in [1.807, 2.05) is 13.8 Å².